The van der Waals surface area contributed by atoms with Gasteiger partial charge in [-0.1, -0.05) is 30.3 Å². The van der Waals surface area contributed by atoms with Gasteiger partial charge in [-0.25, -0.2) is 0 Å². The second kappa shape index (κ2) is 5.29. The van der Waals surface area contributed by atoms with Crippen LogP contribution < -0.4 is 0 Å². The number of carbonyl (C=O) groups is 1. The molecule has 0 aromatic heterocycles. The topological polar surface area (TPSA) is 60.8 Å². The molecule has 1 aliphatic heterocycles. The summed E-state index contributed by atoms with van der Waals surface area (Å²) in [5.74, 6) is -0.0845. The Morgan fingerprint density at radius 3 is 2.71 bits per heavy atom. The smallest absolute Gasteiger partial charge is 0.225 e. The molecule has 0 radical (unpaired) electrons. The summed E-state index contributed by atoms with van der Waals surface area (Å²) in [5, 5.41) is 19.3. The van der Waals surface area contributed by atoms with E-state index >= 15 is 0 Å². The molecule has 0 aliphatic carbocycles. The molecule has 0 saturated carbocycles. The number of β-amino-alcohol motifs (C(OH)–C–C–N with tert-alkyl or cyclic N) is 1. The molecule has 4 heteroatoms. The van der Waals surface area contributed by atoms with E-state index in [1.807, 2.05) is 30.3 Å². The Morgan fingerprint density at radius 2 is 2.06 bits per heavy atom. The van der Waals surface area contributed by atoms with Gasteiger partial charge in [-0.15, -0.1) is 0 Å². The lowest BCUT2D eigenvalue weighted by molar-refractivity contribution is -0.138. The normalized spacial score (nSPS) is 22.6. The lowest BCUT2D eigenvalue weighted by Crippen LogP contribution is -2.42. The lowest BCUT2D eigenvalue weighted by atomic mass is 10.0. The quantitative estimate of drug-likeness (QED) is 0.811. The van der Waals surface area contributed by atoms with Crippen LogP contribution in [0, 0.1) is 0 Å². The van der Waals surface area contributed by atoms with E-state index in [0.717, 1.165) is 5.56 Å². The number of aliphatic hydroxyl groups excluding tert-OH is 2. The van der Waals surface area contributed by atoms with Crippen LogP contribution >= 0.6 is 0 Å². The number of hydrogen-bond donors (Lipinski definition) is 2. The van der Waals surface area contributed by atoms with Crippen molar-refractivity contribution >= 4 is 5.91 Å². The zero-order chi connectivity index (χ0) is 12.3. The highest BCUT2D eigenvalue weighted by Gasteiger charge is 2.25. The zero-order valence-corrected chi connectivity index (χ0v) is 9.62. The number of rotatable bonds is 3. The zero-order valence-electron chi connectivity index (χ0n) is 9.62. The van der Waals surface area contributed by atoms with Crippen LogP contribution in [0.25, 0.3) is 0 Å². The molecule has 4 nitrogen and oxygen atoms in total. The molecule has 0 bridgehead atoms. The van der Waals surface area contributed by atoms with Gasteiger partial charge in [-0.3, -0.25) is 4.79 Å². The lowest BCUT2D eigenvalue weighted by Gasteiger charge is -2.31. The summed E-state index contributed by atoms with van der Waals surface area (Å²) in [4.78, 5) is 13.2. The Kier molecular flexibility index (Phi) is 3.76. The van der Waals surface area contributed by atoms with Crippen LogP contribution in [-0.2, 0) is 4.79 Å². The van der Waals surface area contributed by atoms with Gasteiger partial charge in [0.2, 0.25) is 5.91 Å². The van der Waals surface area contributed by atoms with Crippen molar-refractivity contribution in [3.8, 4) is 0 Å². The standard InChI is InChI=1S/C13H17NO3/c15-11-6-7-14(13(17)8-11)9-12(16)10-4-2-1-3-5-10/h1-5,11-12,15-16H,6-9H2. The van der Waals surface area contributed by atoms with Gasteiger partial charge in [0, 0.05) is 6.54 Å². The highest BCUT2D eigenvalue weighted by Crippen LogP contribution is 2.18. The van der Waals surface area contributed by atoms with Crippen LogP contribution in [0.2, 0.25) is 0 Å². The SMILES string of the molecule is O=C1CC(O)CCN1CC(O)c1ccccc1. The van der Waals surface area contributed by atoms with E-state index in [0.29, 0.717) is 19.5 Å². The third-order valence-corrected chi connectivity index (χ3v) is 3.07. The van der Waals surface area contributed by atoms with Crippen molar-refractivity contribution in [2.45, 2.75) is 25.0 Å². The van der Waals surface area contributed by atoms with E-state index in [2.05, 4.69) is 0 Å². The number of aliphatic hydroxyl groups is 2. The average molecular weight is 235 g/mol. The molecule has 1 amide bonds. The minimum atomic E-state index is -0.657. The van der Waals surface area contributed by atoms with Gasteiger partial charge in [0.1, 0.15) is 0 Å². The molecule has 92 valence electrons. The summed E-state index contributed by atoms with van der Waals surface area (Å²) in [7, 11) is 0. The Labute approximate surface area is 100 Å². The molecular formula is C13H17NO3. The number of piperidine rings is 1. The number of likely N-dealkylation sites (tertiary alicyclic amines) is 1. The number of nitrogens with zero attached hydrogens (tertiary/aromatic N) is 1. The van der Waals surface area contributed by atoms with Gasteiger partial charge in [-0.05, 0) is 12.0 Å². The van der Waals surface area contributed by atoms with Gasteiger partial charge in [-0.2, -0.15) is 0 Å². The number of carbonyl (C=O) groups excluding carboxylic acids is 1. The summed E-state index contributed by atoms with van der Waals surface area (Å²) in [5.41, 5.74) is 0.812. The van der Waals surface area contributed by atoms with Crippen molar-refractivity contribution in [2.75, 3.05) is 13.1 Å². The van der Waals surface area contributed by atoms with Crippen LogP contribution in [0.5, 0.6) is 0 Å². The molecule has 1 heterocycles. The minimum absolute atomic E-state index is 0.0845. The molecule has 0 spiro atoms. The van der Waals surface area contributed by atoms with Gasteiger partial charge in [0.15, 0.2) is 0 Å². The summed E-state index contributed by atoms with van der Waals surface area (Å²) in [6, 6.07) is 9.29. The summed E-state index contributed by atoms with van der Waals surface area (Å²) in [6.45, 7) is 0.819. The highest BCUT2D eigenvalue weighted by molar-refractivity contribution is 5.77. The van der Waals surface area contributed by atoms with Gasteiger partial charge in [0.25, 0.3) is 0 Å². The van der Waals surface area contributed by atoms with Crippen LogP contribution in [0.15, 0.2) is 30.3 Å². The van der Waals surface area contributed by atoms with Crippen LogP contribution in [-0.4, -0.2) is 40.2 Å². The predicted octanol–water partition coefficient (Wildman–Crippen LogP) is 0.703. The number of benzene rings is 1. The van der Waals surface area contributed by atoms with Crippen molar-refractivity contribution in [1.29, 1.82) is 0 Å². The Bertz CT molecular complexity index is 380. The fourth-order valence-corrected chi connectivity index (χ4v) is 2.04. The maximum atomic E-state index is 11.6. The third-order valence-electron chi connectivity index (χ3n) is 3.07. The van der Waals surface area contributed by atoms with E-state index in [9.17, 15) is 15.0 Å². The second-order valence-corrected chi connectivity index (χ2v) is 4.41. The Hall–Kier alpha value is -1.39. The Morgan fingerprint density at radius 1 is 1.35 bits per heavy atom. The first-order valence-electron chi connectivity index (χ1n) is 5.85. The van der Waals surface area contributed by atoms with Crippen molar-refractivity contribution in [3.05, 3.63) is 35.9 Å². The molecule has 2 atom stereocenters. The molecule has 17 heavy (non-hydrogen) atoms. The Balaban J connectivity index is 1.95. The first-order valence-corrected chi connectivity index (χ1v) is 5.85. The first kappa shape index (κ1) is 12.1. The van der Waals surface area contributed by atoms with Gasteiger partial charge in [0.05, 0.1) is 25.2 Å². The van der Waals surface area contributed by atoms with Crippen molar-refractivity contribution in [2.24, 2.45) is 0 Å². The molecule has 2 N–H and O–H groups in total. The van der Waals surface area contributed by atoms with Crippen molar-refractivity contribution in [1.82, 2.24) is 4.90 Å². The molecule has 1 aliphatic rings. The van der Waals surface area contributed by atoms with Gasteiger partial charge >= 0.3 is 0 Å². The summed E-state index contributed by atoms with van der Waals surface area (Å²) < 4.78 is 0. The van der Waals surface area contributed by atoms with E-state index in [4.69, 9.17) is 0 Å². The van der Waals surface area contributed by atoms with E-state index in [-0.39, 0.29) is 12.3 Å². The minimum Gasteiger partial charge on any atom is -0.393 e. The highest BCUT2D eigenvalue weighted by atomic mass is 16.3. The number of amides is 1. The first-order chi connectivity index (χ1) is 8.16. The number of hydrogen-bond acceptors (Lipinski definition) is 3. The molecule has 1 fully saturated rings. The predicted molar refractivity (Wildman–Crippen MR) is 63.2 cm³/mol. The second-order valence-electron chi connectivity index (χ2n) is 4.41. The molecule has 2 rings (SSSR count). The maximum Gasteiger partial charge on any atom is 0.225 e. The van der Waals surface area contributed by atoms with E-state index in [1.54, 1.807) is 4.90 Å². The molecular weight excluding hydrogens is 218 g/mol. The van der Waals surface area contributed by atoms with Crippen molar-refractivity contribution < 1.29 is 15.0 Å². The van der Waals surface area contributed by atoms with Crippen molar-refractivity contribution in [3.63, 3.8) is 0 Å². The van der Waals surface area contributed by atoms with E-state index in [1.165, 1.54) is 0 Å². The molecule has 1 aromatic rings. The van der Waals surface area contributed by atoms with E-state index < -0.39 is 12.2 Å². The monoisotopic (exact) mass is 235 g/mol. The largest absolute Gasteiger partial charge is 0.393 e. The fraction of sp³-hybridized carbons (Fsp3) is 0.462. The molecule has 1 aromatic carbocycles. The third kappa shape index (κ3) is 3.05. The maximum absolute atomic E-state index is 11.6. The van der Waals surface area contributed by atoms with Crippen LogP contribution in [0.4, 0.5) is 0 Å². The average Bonchev–Trinajstić information content (AvgIpc) is 2.34. The van der Waals surface area contributed by atoms with Crippen LogP contribution in [0.1, 0.15) is 24.5 Å². The summed E-state index contributed by atoms with van der Waals surface area (Å²) in [6.07, 6.45) is -0.419. The fourth-order valence-electron chi connectivity index (χ4n) is 2.04. The van der Waals surface area contributed by atoms with Crippen LogP contribution in [0.3, 0.4) is 0 Å². The molecule has 2 unspecified atom stereocenters. The van der Waals surface area contributed by atoms with Gasteiger partial charge < -0.3 is 15.1 Å². The summed E-state index contributed by atoms with van der Waals surface area (Å²) >= 11 is 0. The molecule has 1 saturated heterocycles.